The number of benzene rings is 2. The Morgan fingerprint density at radius 2 is 1.70 bits per heavy atom. The van der Waals surface area contributed by atoms with Gasteiger partial charge in [0.2, 0.25) is 17.5 Å². The molecule has 0 saturated carbocycles. The second kappa shape index (κ2) is 8.89. The first-order valence-electron chi connectivity index (χ1n) is 9.89. The van der Waals surface area contributed by atoms with Crippen molar-refractivity contribution in [2.45, 2.75) is 30.7 Å². The number of ether oxygens (including phenoxy) is 3. The highest BCUT2D eigenvalue weighted by atomic mass is 16.7. The van der Waals surface area contributed by atoms with Gasteiger partial charge in [0, 0.05) is 17.7 Å². The van der Waals surface area contributed by atoms with Gasteiger partial charge in [-0.05, 0) is 24.3 Å². The Balaban J connectivity index is 1.89. The molecule has 0 unspecified atom stereocenters. The van der Waals surface area contributed by atoms with Gasteiger partial charge in [0.05, 0.1) is 13.7 Å². The molecule has 0 spiro atoms. The van der Waals surface area contributed by atoms with Gasteiger partial charge in [0.25, 0.3) is 0 Å². The molecule has 1 aliphatic heterocycles. The smallest absolute Gasteiger partial charge is 0.239 e. The van der Waals surface area contributed by atoms with E-state index in [0.717, 1.165) is 0 Å². The van der Waals surface area contributed by atoms with Gasteiger partial charge in [-0.25, -0.2) is 0 Å². The van der Waals surface area contributed by atoms with E-state index in [9.17, 15) is 35.4 Å². The predicted octanol–water partition coefficient (Wildman–Crippen LogP) is 0.0585. The molecule has 1 aliphatic rings. The van der Waals surface area contributed by atoms with Crippen LogP contribution in [-0.4, -0.2) is 75.1 Å². The number of methoxy groups -OCH3 is 1. The molecule has 1 fully saturated rings. The summed E-state index contributed by atoms with van der Waals surface area (Å²) in [6, 6.07) is 8.18. The van der Waals surface area contributed by atoms with Crippen molar-refractivity contribution in [1.82, 2.24) is 0 Å². The molecule has 0 amide bonds. The molecule has 0 aliphatic carbocycles. The van der Waals surface area contributed by atoms with Gasteiger partial charge < -0.3 is 49.3 Å². The fourth-order valence-electron chi connectivity index (χ4n) is 3.57. The van der Waals surface area contributed by atoms with Crippen molar-refractivity contribution in [3.8, 4) is 34.3 Å². The summed E-state index contributed by atoms with van der Waals surface area (Å²) in [4.78, 5) is 13.4. The Bertz CT molecular complexity index is 1200. The molecule has 5 atom stereocenters. The maximum atomic E-state index is 13.4. The van der Waals surface area contributed by atoms with Gasteiger partial charge in [-0.1, -0.05) is 0 Å². The van der Waals surface area contributed by atoms with Crippen LogP contribution >= 0.6 is 0 Å². The van der Waals surface area contributed by atoms with E-state index in [1.54, 1.807) is 0 Å². The average molecular weight is 462 g/mol. The number of phenolic OH excluding ortho intramolecular Hbond substituents is 2. The van der Waals surface area contributed by atoms with E-state index in [-0.39, 0.29) is 28.2 Å². The lowest BCUT2D eigenvalue weighted by Gasteiger charge is -2.39. The van der Waals surface area contributed by atoms with Crippen molar-refractivity contribution in [2.75, 3.05) is 13.7 Å². The number of aromatic hydroxyl groups is 2. The Labute approximate surface area is 186 Å². The van der Waals surface area contributed by atoms with Gasteiger partial charge in [-0.15, -0.1) is 0 Å². The summed E-state index contributed by atoms with van der Waals surface area (Å²) in [5, 5.41) is 59.5. The zero-order valence-electron chi connectivity index (χ0n) is 17.3. The molecule has 1 aromatic heterocycles. The SMILES string of the molecule is COc1cc(O)c2c(=O)c(O[C@@H]3O[C@@H](CO)[C@H](O)[C@@H](O)[C@@H]3O)c(-c3ccc(O)cc3)oc2c1. The third-order valence-electron chi connectivity index (χ3n) is 5.35. The number of phenols is 2. The number of fused-ring (bicyclic) bond motifs is 1. The number of hydrogen-bond acceptors (Lipinski definition) is 11. The lowest BCUT2D eigenvalue weighted by Crippen LogP contribution is -2.60. The van der Waals surface area contributed by atoms with Crippen molar-refractivity contribution in [3.05, 3.63) is 46.6 Å². The summed E-state index contributed by atoms with van der Waals surface area (Å²) in [5.74, 6) is -0.871. The van der Waals surface area contributed by atoms with Gasteiger partial charge in [0.1, 0.15) is 52.6 Å². The highest BCUT2D eigenvalue weighted by molar-refractivity contribution is 5.88. The number of hydrogen-bond donors (Lipinski definition) is 6. The molecule has 11 heteroatoms. The normalized spacial score (nSPS) is 25.2. The van der Waals surface area contributed by atoms with Crippen LogP contribution in [0.2, 0.25) is 0 Å². The topological polar surface area (TPSA) is 179 Å². The molecule has 33 heavy (non-hydrogen) atoms. The van der Waals surface area contributed by atoms with E-state index in [1.165, 1.54) is 43.5 Å². The van der Waals surface area contributed by atoms with E-state index in [2.05, 4.69) is 0 Å². The van der Waals surface area contributed by atoms with Crippen LogP contribution < -0.4 is 14.9 Å². The second-order valence-electron chi connectivity index (χ2n) is 7.47. The van der Waals surface area contributed by atoms with Crippen LogP contribution in [0, 0.1) is 0 Å². The minimum Gasteiger partial charge on any atom is -0.508 e. The number of aliphatic hydroxyl groups is 4. The van der Waals surface area contributed by atoms with E-state index in [1.807, 2.05) is 0 Å². The highest BCUT2D eigenvalue weighted by Crippen LogP contribution is 2.37. The van der Waals surface area contributed by atoms with Crippen molar-refractivity contribution < 1.29 is 49.3 Å². The predicted molar refractivity (Wildman–Crippen MR) is 112 cm³/mol. The maximum absolute atomic E-state index is 13.4. The van der Waals surface area contributed by atoms with Crippen LogP contribution in [0.5, 0.6) is 23.0 Å². The monoisotopic (exact) mass is 462 g/mol. The molecular formula is C22H22O11. The molecule has 0 bridgehead atoms. The molecular weight excluding hydrogens is 440 g/mol. The van der Waals surface area contributed by atoms with Gasteiger partial charge >= 0.3 is 0 Å². The van der Waals surface area contributed by atoms with E-state index < -0.39 is 54.2 Å². The first-order valence-corrected chi connectivity index (χ1v) is 9.89. The quantitative estimate of drug-likeness (QED) is 0.302. The summed E-state index contributed by atoms with van der Waals surface area (Å²) in [7, 11) is 1.37. The number of rotatable bonds is 5. The average Bonchev–Trinajstić information content (AvgIpc) is 2.80. The zero-order valence-corrected chi connectivity index (χ0v) is 17.3. The lowest BCUT2D eigenvalue weighted by atomic mass is 9.99. The van der Waals surface area contributed by atoms with Crippen LogP contribution in [0.1, 0.15) is 0 Å². The van der Waals surface area contributed by atoms with Crippen LogP contribution in [0.4, 0.5) is 0 Å². The van der Waals surface area contributed by atoms with Crippen LogP contribution in [0.25, 0.3) is 22.3 Å². The van der Waals surface area contributed by atoms with Crippen LogP contribution in [-0.2, 0) is 4.74 Å². The summed E-state index contributed by atoms with van der Waals surface area (Å²) in [6.07, 6.45) is -8.07. The molecule has 4 rings (SSSR count). The maximum Gasteiger partial charge on any atom is 0.239 e. The second-order valence-corrected chi connectivity index (χ2v) is 7.47. The highest BCUT2D eigenvalue weighted by Gasteiger charge is 2.45. The minimum atomic E-state index is -1.78. The standard InChI is InChI=1S/C22H22O11/c1-30-11-6-12(25)15-13(7-11)31-20(9-2-4-10(24)5-3-9)21(17(15)27)33-22-19(29)18(28)16(26)14(8-23)32-22/h2-7,14,16,18-19,22-26,28-29H,8H2,1H3/t14-,16-,18+,19-,22-/m0/s1. The Morgan fingerprint density at radius 1 is 1.00 bits per heavy atom. The van der Waals surface area contributed by atoms with E-state index in [0.29, 0.717) is 5.56 Å². The fraction of sp³-hybridized carbons (Fsp3) is 0.318. The lowest BCUT2D eigenvalue weighted by molar-refractivity contribution is -0.277. The van der Waals surface area contributed by atoms with Crippen molar-refractivity contribution >= 4 is 11.0 Å². The molecule has 1 saturated heterocycles. The van der Waals surface area contributed by atoms with Crippen LogP contribution in [0.3, 0.4) is 0 Å². The fourth-order valence-corrected chi connectivity index (χ4v) is 3.57. The van der Waals surface area contributed by atoms with Gasteiger partial charge in [-0.2, -0.15) is 0 Å². The minimum absolute atomic E-state index is 0.0268. The molecule has 2 aromatic carbocycles. The summed E-state index contributed by atoms with van der Waals surface area (Å²) >= 11 is 0. The van der Waals surface area contributed by atoms with Crippen molar-refractivity contribution in [2.24, 2.45) is 0 Å². The Morgan fingerprint density at radius 3 is 2.33 bits per heavy atom. The van der Waals surface area contributed by atoms with Gasteiger partial charge in [0.15, 0.2) is 5.76 Å². The largest absolute Gasteiger partial charge is 0.508 e. The molecule has 11 nitrogen and oxygen atoms in total. The van der Waals surface area contributed by atoms with Crippen molar-refractivity contribution in [3.63, 3.8) is 0 Å². The summed E-state index contributed by atoms with van der Waals surface area (Å²) in [5.41, 5.74) is -0.550. The zero-order chi connectivity index (χ0) is 23.9. The van der Waals surface area contributed by atoms with Gasteiger partial charge in [-0.3, -0.25) is 4.79 Å². The number of aliphatic hydroxyl groups excluding tert-OH is 4. The van der Waals surface area contributed by atoms with E-state index >= 15 is 0 Å². The Kier molecular flexibility index (Phi) is 6.15. The summed E-state index contributed by atoms with van der Waals surface area (Å²) in [6.45, 7) is -0.692. The van der Waals surface area contributed by atoms with Crippen LogP contribution in [0.15, 0.2) is 45.6 Å². The Hall–Kier alpha value is -3.35. The third-order valence-corrected chi connectivity index (χ3v) is 5.35. The molecule has 0 radical (unpaired) electrons. The first-order chi connectivity index (χ1) is 15.7. The molecule has 6 N–H and O–H groups in total. The molecule has 3 aromatic rings. The third kappa shape index (κ3) is 4.08. The van der Waals surface area contributed by atoms with Crippen molar-refractivity contribution in [1.29, 1.82) is 0 Å². The molecule has 2 heterocycles. The van der Waals surface area contributed by atoms with E-state index in [4.69, 9.17) is 18.6 Å². The molecule has 176 valence electrons. The summed E-state index contributed by atoms with van der Waals surface area (Å²) < 4.78 is 21.9. The first kappa shape index (κ1) is 22.8.